The summed E-state index contributed by atoms with van der Waals surface area (Å²) in [7, 11) is 1.91. The fraction of sp³-hybridized carbons (Fsp3) is 0.746. The number of carbonyl (C=O) groups is 1. The van der Waals surface area contributed by atoms with Crippen LogP contribution >= 0.6 is 0 Å². The Balaban J connectivity index is 1.93. The second kappa shape index (κ2) is 32.0. The number of hydrogen-bond acceptors (Lipinski definition) is 14. The van der Waals surface area contributed by atoms with Gasteiger partial charge >= 0.3 is 0 Å². The second-order valence-electron chi connectivity index (χ2n) is 23.0. The van der Waals surface area contributed by atoms with Crippen molar-refractivity contribution in [2.45, 2.75) is 219 Å². The van der Waals surface area contributed by atoms with Crippen molar-refractivity contribution in [1.82, 2.24) is 0 Å². The monoisotopic (exact) mass is 1090 g/mol. The maximum Gasteiger partial charge on any atom is 0.192 e. The van der Waals surface area contributed by atoms with Crippen LogP contribution in [0.5, 0.6) is 5.75 Å². The van der Waals surface area contributed by atoms with Crippen molar-refractivity contribution in [2.24, 2.45) is 11.3 Å². The predicted molar refractivity (Wildman–Crippen MR) is 302 cm³/mol. The van der Waals surface area contributed by atoms with Gasteiger partial charge in [-0.15, -0.1) is 0 Å². The van der Waals surface area contributed by atoms with E-state index >= 15 is 4.79 Å². The third-order valence-electron chi connectivity index (χ3n) is 15.7. The highest BCUT2D eigenvalue weighted by atomic mass is 28.4. The van der Waals surface area contributed by atoms with Crippen molar-refractivity contribution in [2.75, 3.05) is 55.2 Å². The number of hydrogen-bond donors (Lipinski definition) is 1. The van der Waals surface area contributed by atoms with Gasteiger partial charge in [0.15, 0.2) is 28.2 Å². The molecule has 1 heterocycles. The molecule has 1 aliphatic heterocycles. The van der Waals surface area contributed by atoms with Gasteiger partial charge in [0, 0.05) is 52.9 Å². The molecule has 0 unspecified atom stereocenters. The average Bonchev–Trinajstić information content (AvgIpc) is 3.69. The SMILES string of the molecule is CC[C@H](/C=C(/C)[C@H](C[C@H](C[C@@H](O)C(C)(C)C(=O)[C@@H]1OC(C)(C)O[C@@H]1C[C@H](C[C@@H](OCOC)[C@@H](COCc1ccc(OC)cc1)OCOC)O[Si](C)(C)C(C)(C)C)OC)O[Si](CC)(CC)CC)COCc1ccccc1. The van der Waals surface area contributed by atoms with Gasteiger partial charge in [0.25, 0.3) is 0 Å². The van der Waals surface area contributed by atoms with Crippen LogP contribution in [0.15, 0.2) is 66.2 Å². The first kappa shape index (κ1) is 66.9. The third kappa shape index (κ3) is 21.3. The predicted octanol–water partition coefficient (Wildman–Crippen LogP) is 12.2. The molecule has 9 atom stereocenters. The van der Waals surface area contributed by atoms with Gasteiger partial charge in [-0.3, -0.25) is 4.79 Å². The molecule has 0 bridgehead atoms. The Labute approximate surface area is 455 Å². The van der Waals surface area contributed by atoms with Crippen LogP contribution in [0.4, 0.5) is 0 Å². The maximum atomic E-state index is 15.2. The van der Waals surface area contributed by atoms with E-state index in [1.54, 1.807) is 42.3 Å². The Morgan fingerprint density at radius 2 is 1.32 bits per heavy atom. The molecule has 0 amide bonds. The zero-order valence-corrected chi connectivity index (χ0v) is 51.6. The van der Waals surface area contributed by atoms with Crippen LogP contribution in [0.3, 0.4) is 0 Å². The number of benzene rings is 2. The summed E-state index contributed by atoms with van der Waals surface area (Å²) in [5.74, 6) is -0.398. The van der Waals surface area contributed by atoms with Gasteiger partial charge in [0.05, 0.1) is 75.6 Å². The van der Waals surface area contributed by atoms with Gasteiger partial charge in [0.1, 0.15) is 31.5 Å². The standard InChI is InChI=1S/C59H102O14Si2/c1-19-44(37-66-38-45-26-24-23-25-27-45)32-43(5)50(73-75(20-2,21-3)22-4)33-48(65-16)36-54(60)58(9,10)56(61)55-52(70-59(11,12)71-55)35-49(72-74(17,18)57(6,7)8)34-51(68-41-62-13)53(69-42-63-14)40-67-39-46-28-30-47(64-15)31-29-46/h23-32,44,48-55,60H,19-22,33-42H2,1-18H3/b43-32-/t44-,48-,49+,50+,51-,52-,53-,54-,55-/m1/s1. The molecule has 16 heteroatoms. The average molecular weight is 1090 g/mol. The lowest BCUT2D eigenvalue weighted by Gasteiger charge is -2.41. The Morgan fingerprint density at radius 3 is 1.85 bits per heavy atom. The number of rotatable bonds is 38. The van der Waals surface area contributed by atoms with Crippen LogP contribution in [0.25, 0.3) is 0 Å². The number of methoxy groups -OCH3 is 4. The van der Waals surface area contributed by atoms with E-state index in [0.717, 1.165) is 47.0 Å². The van der Waals surface area contributed by atoms with Crippen molar-refractivity contribution in [3.63, 3.8) is 0 Å². The lowest BCUT2D eigenvalue weighted by Crippen LogP contribution is -2.50. The summed E-state index contributed by atoms with van der Waals surface area (Å²) in [6.07, 6.45) is -0.493. The van der Waals surface area contributed by atoms with Gasteiger partial charge in [0.2, 0.25) is 0 Å². The van der Waals surface area contributed by atoms with Crippen molar-refractivity contribution >= 4 is 22.4 Å². The lowest BCUT2D eigenvalue weighted by atomic mass is 9.76. The Kier molecular flexibility index (Phi) is 28.5. The Bertz CT molecular complexity index is 1910. The van der Waals surface area contributed by atoms with Gasteiger partial charge in [-0.25, -0.2) is 0 Å². The molecule has 0 spiro atoms. The molecule has 1 N–H and O–H groups in total. The van der Waals surface area contributed by atoms with E-state index in [0.29, 0.717) is 39.1 Å². The number of ketones is 1. The maximum absolute atomic E-state index is 15.2. The molecule has 3 rings (SSSR count). The van der Waals surface area contributed by atoms with E-state index in [1.165, 1.54) is 0 Å². The molecular formula is C59H102O14Si2. The van der Waals surface area contributed by atoms with E-state index in [-0.39, 0.29) is 49.5 Å². The number of carbonyl (C=O) groups excluding carboxylic acids is 1. The molecule has 0 radical (unpaired) electrons. The molecule has 14 nitrogen and oxygen atoms in total. The first-order chi connectivity index (χ1) is 35.4. The van der Waals surface area contributed by atoms with Gasteiger partial charge < -0.3 is 61.3 Å². The highest BCUT2D eigenvalue weighted by Crippen LogP contribution is 2.42. The molecule has 2 aromatic rings. The Morgan fingerprint density at radius 1 is 0.747 bits per heavy atom. The summed E-state index contributed by atoms with van der Waals surface area (Å²) in [6.45, 7) is 31.0. The lowest BCUT2D eigenvalue weighted by molar-refractivity contribution is -0.181. The van der Waals surface area contributed by atoms with E-state index in [9.17, 15) is 5.11 Å². The number of ether oxygens (including phenoxy) is 10. The molecule has 1 fully saturated rings. The molecule has 0 saturated carbocycles. The minimum absolute atomic E-state index is 0.000707. The molecule has 75 heavy (non-hydrogen) atoms. The van der Waals surface area contributed by atoms with Crippen LogP contribution in [0, 0.1) is 11.3 Å². The number of Topliss-reactive ketones (excluding diaryl/α,β-unsaturated/α-hetero) is 1. The van der Waals surface area contributed by atoms with Gasteiger partial charge in [-0.2, -0.15) is 0 Å². The smallest absolute Gasteiger partial charge is 0.192 e. The number of aliphatic hydroxyl groups excluding tert-OH is 1. The first-order valence-corrected chi connectivity index (χ1v) is 33.0. The normalized spacial score (nSPS) is 19.6. The van der Waals surface area contributed by atoms with E-state index in [2.05, 4.69) is 86.7 Å². The summed E-state index contributed by atoms with van der Waals surface area (Å²) < 4.78 is 75.3. The van der Waals surface area contributed by atoms with Crippen LogP contribution in [0.1, 0.15) is 126 Å². The highest BCUT2D eigenvalue weighted by molar-refractivity contribution is 6.74. The zero-order chi connectivity index (χ0) is 56.0. The van der Waals surface area contributed by atoms with Crippen molar-refractivity contribution < 1.29 is 66.1 Å². The van der Waals surface area contributed by atoms with Crippen molar-refractivity contribution in [3.05, 3.63) is 77.4 Å². The second-order valence-corrected chi connectivity index (χ2v) is 32.5. The van der Waals surface area contributed by atoms with Gasteiger partial charge in [-0.05, 0) is 92.3 Å². The van der Waals surface area contributed by atoms with Crippen molar-refractivity contribution in [1.29, 1.82) is 0 Å². The highest BCUT2D eigenvalue weighted by Gasteiger charge is 2.52. The summed E-state index contributed by atoms with van der Waals surface area (Å²) in [5, 5.41) is 12.2. The largest absolute Gasteiger partial charge is 0.497 e. The van der Waals surface area contributed by atoms with E-state index < -0.39 is 70.6 Å². The molecule has 1 aliphatic rings. The van der Waals surface area contributed by atoms with E-state index in [4.69, 9.17) is 56.2 Å². The van der Waals surface area contributed by atoms with E-state index in [1.807, 2.05) is 56.3 Å². The fourth-order valence-electron chi connectivity index (χ4n) is 9.35. The quantitative estimate of drug-likeness (QED) is 0.0386. The minimum atomic E-state index is -2.46. The summed E-state index contributed by atoms with van der Waals surface area (Å²) >= 11 is 0. The summed E-state index contributed by atoms with van der Waals surface area (Å²) in [6, 6.07) is 20.9. The minimum Gasteiger partial charge on any atom is -0.497 e. The molecule has 1 saturated heterocycles. The van der Waals surface area contributed by atoms with Gasteiger partial charge in [-0.1, -0.05) is 111 Å². The zero-order valence-electron chi connectivity index (χ0n) is 49.6. The molecule has 2 aromatic carbocycles. The molecular weight excluding hydrogens is 989 g/mol. The first-order valence-electron chi connectivity index (χ1n) is 27.5. The molecule has 0 aromatic heterocycles. The number of aliphatic hydroxyl groups is 1. The van der Waals surface area contributed by atoms with Crippen LogP contribution in [-0.2, 0) is 69.5 Å². The summed E-state index contributed by atoms with van der Waals surface area (Å²) in [5.41, 5.74) is 1.99. The summed E-state index contributed by atoms with van der Waals surface area (Å²) in [4.78, 5) is 15.2. The van der Waals surface area contributed by atoms with Crippen LogP contribution in [0.2, 0.25) is 36.3 Å². The third-order valence-corrected chi connectivity index (χ3v) is 24.9. The Hall–Kier alpha value is -2.40. The topological polar surface area (TPSA) is 148 Å². The van der Waals surface area contributed by atoms with Crippen LogP contribution < -0.4 is 4.74 Å². The molecule has 0 aliphatic carbocycles. The van der Waals surface area contributed by atoms with Crippen molar-refractivity contribution in [3.8, 4) is 5.75 Å². The molecule has 430 valence electrons. The fourth-order valence-corrected chi connectivity index (χ4v) is 13.6. The van der Waals surface area contributed by atoms with Crippen LogP contribution in [-0.4, -0.2) is 137 Å².